The number of aromatic nitrogens is 2. The zero-order chi connectivity index (χ0) is 14.0. The maximum Gasteiger partial charge on any atom is 0.322 e. The molecule has 2 rings (SSSR count). The van der Waals surface area contributed by atoms with Gasteiger partial charge in [-0.05, 0) is 20.3 Å². The zero-order valence-electron chi connectivity index (χ0n) is 12.0. The van der Waals surface area contributed by atoms with E-state index < -0.39 is 0 Å². The molecule has 0 saturated carbocycles. The molecular formula is C13H22N4O2. The summed E-state index contributed by atoms with van der Waals surface area (Å²) < 4.78 is 7.25. The van der Waals surface area contributed by atoms with Crippen molar-refractivity contribution in [2.75, 3.05) is 18.5 Å². The first-order valence-electron chi connectivity index (χ1n) is 6.74. The SMILES string of the molecule is CCc1nn(C)cc1NC(=O)N1CCO[C@@H](C)[C@H]1C. The van der Waals surface area contributed by atoms with Crippen molar-refractivity contribution < 1.29 is 9.53 Å². The largest absolute Gasteiger partial charge is 0.375 e. The number of nitrogens with one attached hydrogen (secondary N) is 1. The molecule has 6 nitrogen and oxygen atoms in total. The Bertz CT molecular complexity index is 457. The van der Waals surface area contributed by atoms with Gasteiger partial charge < -0.3 is 15.0 Å². The first kappa shape index (κ1) is 13.9. The third kappa shape index (κ3) is 2.89. The Hall–Kier alpha value is -1.56. The van der Waals surface area contributed by atoms with E-state index in [-0.39, 0.29) is 18.2 Å². The van der Waals surface area contributed by atoms with Crippen molar-refractivity contribution in [3.8, 4) is 0 Å². The van der Waals surface area contributed by atoms with Crippen LogP contribution in [-0.4, -0.2) is 46.0 Å². The minimum Gasteiger partial charge on any atom is -0.375 e. The van der Waals surface area contributed by atoms with Crippen molar-refractivity contribution in [2.45, 2.75) is 39.3 Å². The van der Waals surface area contributed by atoms with E-state index in [0.29, 0.717) is 13.2 Å². The minimum atomic E-state index is -0.0784. The van der Waals surface area contributed by atoms with Gasteiger partial charge in [0.2, 0.25) is 0 Å². The molecule has 19 heavy (non-hydrogen) atoms. The molecular weight excluding hydrogens is 244 g/mol. The highest BCUT2D eigenvalue weighted by Gasteiger charge is 2.29. The molecule has 6 heteroatoms. The van der Waals surface area contributed by atoms with Gasteiger partial charge in [-0.3, -0.25) is 4.68 Å². The van der Waals surface area contributed by atoms with Gasteiger partial charge in [0.1, 0.15) is 0 Å². The number of morpholine rings is 1. The fraction of sp³-hybridized carbons (Fsp3) is 0.692. The summed E-state index contributed by atoms with van der Waals surface area (Å²) in [5.74, 6) is 0. The van der Waals surface area contributed by atoms with Crippen LogP contribution in [0.5, 0.6) is 0 Å². The van der Waals surface area contributed by atoms with Crippen molar-refractivity contribution in [3.63, 3.8) is 0 Å². The number of anilines is 1. The molecule has 2 atom stereocenters. The van der Waals surface area contributed by atoms with E-state index in [2.05, 4.69) is 10.4 Å². The minimum absolute atomic E-state index is 0.0686. The maximum absolute atomic E-state index is 12.3. The van der Waals surface area contributed by atoms with Crippen LogP contribution in [0.3, 0.4) is 0 Å². The van der Waals surface area contributed by atoms with E-state index in [1.165, 1.54) is 0 Å². The molecule has 106 valence electrons. The number of carbonyl (C=O) groups excluding carboxylic acids is 1. The Balaban J connectivity index is 2.07. The molecule has 1 fully saturated rings. The molecule has 0 unspecified atom stereocenters. The van der Waals surface area contributed by atoms with Crippen LogP contribution in [0.25, 0.3) is 0 Å². The number of carbonyl (C=O) groups is 1. The predicted molar refractivity (Wildman–Crippen MR) is 73.2 cm³/mol. The van der Waals surface area contributed by atoms with Crippen LogP contribution in [0.15, 0.2) is 6.20 Å². The molecule has 0 radical (unpaired) electrons. The monoisotopic (exact) mass is 266 g/mol. The van der Waals surface area contributed by atoms with Gasteiger partial charge in [-0.2, -0.15) is 5.10 Å². The summed E-state index contributed by atoms with van der Waals surface area (Å²) in [5, 5.41) is 7.27. The summed E-state index contributed by atoms with van der Waals surface area (Å²) in [7, 11) is 1.86. The van der Waals surface area contributed by atoms with Gasteiger partial charge in [0.15, 0.2) is 0 Å². The number of hydrogen-bond acceptors (Lipinski definition) is 3. The van der Waals surface area contributed by atoms with E-state index in [1.807, 2.05) is 38.9 Å². The molecule has 0 aliphatic carbocycles. The van der Waals surface area contributed by atoms with Gasteiger partial charge in [-0.1, -0.05) is 6.92 Å². The van der Waals surface area contributed by atoms with E-state index in [9.17, 15) is 4.79 Å². The number of nitrogens with zero attached hydrogens (tertiary/aromatic N) is 3. The lowest BCUT2D eigenvalue weighted by Gasteiger charge is -2.37. The highest BCUT2D eigenvalue weighted by molar-refractivity contribution is 5.90. The van der Waals surface area contributed by atoms with Gasteiger partial charge in [0, 0.05) is 19.8 Å². The normalized spacial score (nSPS) is 23.5. The number of amides is 2. The lowest BCUT2D eigenvalue weighted by molar-refractivity contribution is -0.0355. The van der Waals surface area contributed by atoms with E-state index in [0.717, 1.165) is 17.8 Å². The molecule has 1 N–H and O–H groups in total. The van der Waals surface area contributed by atoms with Crippen LogP contribution >= 0.6 is 0 Å². The lowest BCUT2D eigenvalue weighted by Crippen LogP contribution is -2.52. The smallest absolute Gasteiger partial charge is 0.322 e. The molecule has 0 aromatic carbocycles. The quantitative estimate of drug-likeness (QED) is 0.885. The van der Waals surface area contributed by atoms with E-state index >= 15 is 0 Å². The van der Waals surface area contributed by atoms with Gasteiger partial charge in [-0.25, -0.2) is 4.79 Å². The molecule has 2 amide bonds. The Morgan fingerprint density at radius 2 is 2.32 bits per heavy atom. The Morgan fingerprint density at radius 1 is 1.58 bits per heavy atom. The summed E-state index contributed by atoms with van der Waals surface area (Å²) in [6.07, 6.45) is 2.70. The summed E-state index contributed by atoms with van der Waals surface area (Å²) in [5.41, 5.74) is 1.70. The van der Waals surface area contributed by atoms with Crippen LogP contribution in [0, 0.1) is 0 Å². The number of hydrogen-bond donors (Lipinski definition) is 1. The van der Waals surface area contributed by atoms with E-state index in [1.54, 1.807) is 4.68 Å². The third-order valence-corrected chi connectivity index (χ3v) is 3.63. The number of urea groups is 1. The van der Waals surface area contributed by atoms with Crippen LogP contribution in [-0.2, 0) is 18.2 Å². The molecule has 1 aliphatic rings. The second-order valence-corrected chi connectivity index (χ2v) is 4.96. The number of aryl methyl sites for hydroxylation is 2. The van der Waals surface area contributed by atoms with Crippen LogP contribution in [0.4, 0.5) is 10.5 Å². The highest BCUT2D eigenvalue weighted by atomic mass is 16.5. The Labute approximate surface area is 113 Å². The van der Waals surface area contributed by atoms with Gasteiger partial charge in [0.05, 0.1) is 30.1 Å². The standard InChI is InChI=1S/C13H22N4O2/c1-5-11-12(8-16(4)15-11)14-13(18)17-6-7-19-10(3)9(17)2/h8-10H,5-7H2,1-4H3,(H,14,18)/t9-,10+/m1/s1. The molecule has 1 aliphatic heterocycles. The number of ether oxygens (including phenoxy) is 1. The van der Waals surface area contributed by atoms with Gasteiger partial charge in [0.25, 0.3) is 0 Å². The van der Waals surface area contributed by atoms with Crippen molar-refractivity contribution in [3.05, 3.63) is 11.9 Å². The van der Waals surface area contributed by atoms with Crippen molar-refractivity contribution >= 4 is 11.7 Å². The molecule has 1 saturated heterocycles. The van der Waals surface area contributed by atoms with Crippen molar-refractivity contribution in [1.29, 1.82) is 0 Å². The van der Waals surface area contributed by atoms with Crippen LogP contribution < -0.4 is 5.32 Å². The second-order valence-electron chi connectivity index (χ2n) is 4.96. The maximum atomic E-state index is 12.3. The first-order chi connectivity index (χ1) is 9.02. The Kier molecular flexibility index (Phi) is 4.09. The highest BCUT2D eigenvalue weighted by Crippen LogP contribution is 2.18. The third-order valence-electron chi connectivity index (χ3n) is 3.63. The topological polar surface area (TPSA) is 59.4 Å². The predicted octanol–water partition coefficient (Wildman–Crippen LogP) is 1.62. The zero-order valence-corrected chi connectivity index (χ0v) is 12.0. The molecule has 0 spiro atoms. The van der Waals surface area contributed by atoms with Crippen LogP contribution in [0.1, 0.15) is 26.5 Å². The number of rotatable bonds is 2. The van der Waals surface area contributed by atoms with Crippen molar-refractivity contribution in [2.24, 2.45) is 7.05 Å². The average Bonchev–Trinajstić information content (AvgIpc) is 2.72. The molecule has 2 heterocycles. The summed E-state index contributed by atoms with van der Waals surface area (Å²) in [4.78, 5) is 14.1. The average molecular weight is 266 g/mol. The van der Waals surface area contributed by atoms with Crippen LogP contribution in [0.2, 0.25) is 0 Å². The summed E-state index contributed by atoms with van der Waals surface area (Å²) in [6.45, 7) is 7.24. The van der Waals surface area contributed by atoms with E-state index in [4.69, 9.17) is 4.74 Å². The summed E-state index contributed by atoms with van der Waals surface area (Å²) >= 11 is 0. The fourth-order valence-electron chi connectivity index (χ4n) is 2.31. The molecule has 1 aromatic heterocycles. The molecule has 1 aromatic rings. The molecule has 0 bridgehead atoms. The lowest BCUT2D eigenvalue weighted by atomic mass is 10.1. The summed E-state index contributed by atoms with van der Waals surface area (Å²) in [6, 6.07) is 0.000785. The van der Waals surface area contributed by atoms with Gasteiger partial charge in [-0.15, -0.1) is 0 Å². The van der Waals surface area contributed by atoms with Gasteiger partial charge >= 0.3 is 6.03 Å². The second kappa shape index (κ2) is 5.61. The first-order valence-corrected chi connectivity index (χ1v) is 6.74. The Morgan fingerprint density at radius 3 is 3.00 bits per heavy atom. The van der Waals surface area contributed by atoms with Crippen molar-refractivity contribution in [1.82, 2.24) is 14.7 Å². The fourth-order valence-corrected chi connectivity index (χ4v) is 2.31.